The van der Waals surface area contributed by atoms with Gasteiger partial charge in [0.2, 0.25) is 0 Å². The van der Waals surface area contributed by atoms with Crippen LogP contribution in [0.25, 0.3) is 0 Å². The summed E-state index contributed by atoms with van der Waals surface area (Å²) in [7, 11) is 3.55. The Kier molecular flexibility index (Phi) is 7.89. The number of methoxy groups -OCH3 is 1. The molecule has 1 fully saturated rings. The van der Waals surface area contributed by atoms with Crippen LogP contribution in [0.5, 0.6) is 11.5 Å². The molecule has 25 heavy (non-hydrogen) atoms. The molecule has 140 valence electrons. The van der Waals surface area contributed by atoms with E-state index in [1.165, 1.54) is 18.4 Å². The molecule has 0 saturated carbocycles. The number of hydrogen-bond acceptors (Lipinski definition) is 3. The van der Waals surface area contributed by atoms with Crippen molar-refractivity contribution in [1.29, 1.82) is 0 Å². The van der Waals surface area contributed by atoms with Gasteiger partial charge in [-0.05, 0) is 56.2 Å². The van der Waals surface area contributed by atoms with Gasteiger partial charge < -0.3 is 19.7 Å². The fourth-order valence-electron chi connectivity index (χ4n) is 3.35. The minimum absolute atomic E-state index is 0.645. The molecule has 1 aromatic rings. The Balaban J connectivity index is 1.81. The summed E-state index contributed by atoms with van der Waals surface area (Å²) in [5.74, 6) is 3.41. The van der Waals surface area contributed by atoms with Crippen LogP contribution in [0.2, 0.25) is 0 Å². The van der Waals surface area contributed by atoms with Crippen molar-refractivity contribution in [3.05, 3.63) is 23.8 Å². The number of aryl methyl sites for hydroxylation is 1. The Labute approximate surface area is 152 Å². The first-order valence-electron chi connectivity index (χ1n) is 9.43. The van der Waals surface area contributed by atoms with E-state index >= 15 is 0 Å². The second kappa shape index (κ2) is 10.2. The topological polar surface area (TPSA) is 46.1 Å². The van der Waals surface area contributed by atoms with E-state index in [9.17, 15) is 0 Å². The van der Waals surface area contributed by atoms with E-state index < -0.39 is 0 Å². The second-order valence-corrected chi connectivity index (χ2v) is 6.69. The Morgan fingerprint density at radius 2 is 2.20 bits per heavy atom. The zero-order valence-corrected chi connectivity index (χ0v) is 16.2. The first-order chi connectivity index (χ1) is 12.2. The molecule has 1 aromatic carbocycles. The molecule has 1 heterocycles. The van der Waals surface area contributed by atoms with Gasteiger partial charge >= 0.3 is 0 Å². The highest BCUT2D eigenvalue weighted by Gasteiger charge is 2.18. The van der Waals surface area contributed by atoms with Crippen molar-refractivity contribution < 1.29 is 9.47 Å². The van der Waals surface area contributed by atoms with E-state index in [1.54, 1.807) is 7.11 Å². The molecule has 1 atom stereocenters. The quantitative estimate of drug-likeness (QED) is 0.467. The molecule has 0 radical (unpaired) electrons. The third-order valence-electron chi connectivity index (χ3n) is 4.62. The van der Waals surface area contributed by atoms with Crippen molar-refractivity contribution in [3.63, 3.8) is 0 Å². The van der Waals surface area contributed by atoms with E-state index in [0.717, 1.165) is 55.9 Å². The molecule has 1 unspecified atom stereocenters. The Bertz CT molecular complexity index is 560. The van der Waals surface area contributed by atoms with Crippen LogP contribution >= 0.6 is 0 Å². The molecule has 1 aliphatic heterocycles. The van der Waals surface area contributed by atoms with Gasteiger partial charge in [-0.15, -0.1) is 0 Å². The third kappa shape index (κ3) is 5.83. The molecule has 0 amide bonds. The molecule has 5 heteroatoms. The van der Waals surface area contributed by atoms with Crippen LogP contribution in [-0.2, 0) is 6.42 Å². The van der Waals surface area contributed by atoms with Crippen molar-refractivity contribution >= 4 is 5.96 Å². The van der Waals surface area contributed by atoms with Gasteiger partial charge in [-0.25, -0.2) is 0 Å². The first-order valence-corrected chi connectivity index (χ1v) is 9.43. The molecule has 1 N–H and O–H groups in total. The number of likely N-dealkylation sites (tertiary alicyclic amines) is 1. The maximum atomic E-state index is 5.65. The third-order valence-corrected chi connectivity index (χ3v) is 4.62. The lowest BCUT2D eigenvalue weighted by Crippen LogP contribution is -2.46. The molecular weight excluding hydrogens is 314 g/mol. The van der Waals surface area contributed by atoms with Crippen molar-refractivity contribution in [2.24, 2.45) is 10.9 Å². The van der Waals surface area contributed by atoms with Gasteiger partial charge in [0.1, 0.15) is 0 Å². The van der Waals surface area contributed by atoms with Crippen LogP contribution in [0.1, 0.15) is 38.7 Å². The molecule has 0 bridgehead atoms. The molecule has 1 saturated heterocycles. The number of benzene rings is 1. The smallest absolute Gasteiger partial charge is 0.193 e. The number of ether oxygens (including phenoxy) is 2. The van der Waals surface area contributed by atoms with E-state index in [1.807, 2.05) is 20.0 Å². The predicted molar refractivity (Wildman–Crippen MR) is 104 cm³/mol. The fraction of sp³-hybridized carbons (Fsp3) is 0.650. The number of rotatable bonds is 7. The van der Waals surface area contributed by atoms with Gasteiger partial charge in [0.15, 0.2) is 17.5 Å². The molecule has 1 aliphatic rings. The average molecular weight is 348 g/mol. The van der Waals surface area contributed by atoms with Gasteiger partial charge in [-0.2, -0.15) is 0 Å². The van der Waals surface area contributed by atoms with Crippen LogP contribution in [0.15, 0.2) is 23.2 Å². The Morgan fingerprint density at radius 1 is 1.36 bits per heavy atom. The van der Waals surface area contributed by atoms with Crippen LogP contribution in [0.3, 0.4) is 0 Å². The van der Waals surface area contributed by atoms with Crippen molar-refractivity contribution in [3.8, 4) is 11.5 Å². The summed E-state index contributed by atoms with van der Waals surface area (Å²) in [4.78, 5) is 6.83. The van der Waals surface area contributed by atoms with Crippen molar-refractivity contribution in [2.75, 3.05) is 40.4 Å². The van der Waals surface area contributed by atoms with Gasteiger partial charge in [0, 0.05) is 26.7 Å². The molecular formula is C20H33N3O2. The number of nitrogens with one attached hydrogen (secondary N) is 1. The highest BCUT2D eigenvalue weighted by atomic mass is 16.5. The number of piperidine rings is 1. The summed E-state index contributed by atoms with van der Waals surface area (Å²) in [6, 6.07) is 6.19. The largest absolute Gasteiger partial charge is 0.493 e. The minimum Gasteiger partial charge on any atom is -0.493 e. The Morgan fingerprint density at radius 3 is 2.88 bits per heavy atom. The monoisotopic (exact) mass is 347 g/mol. The van der Waals surface area contributed by atoms with Crippen LogP contribution in [0.4, 0.5) is 0 Å². The van der Waals surface area contributed by atoms with Crippen LogP contribution < -0.4 is 14.8 Å². The summed E-state index contributed by atoms with van der Waals surface area (Å²) in [5, 5.41) is 3.51. The van der Waals surface area contributed by atoms with E-state index in [2.05, 4.69) is 34.3 Å². The predicted octanol–water partition coefficient (Wildman–Crippen LogP) is 3.33. The molecule has 0 aliphatic carbocycles. The highest BCUT2D eigenvalue weighted by Crippen LogP contribution is 2.28. The lowest BCUT2D eigenvalue weighted by molar-refractivity contribution is 0.266. The van der Waals surface area contributed by atoms with E-state index in [-0.39, 0.29) is 0 Å². The first kappa shape index (κ1) is 19.4. The lowest BCUT2D eigenvalue weighted by atomic mass is 10.0. The number of hydrogen-bond donors (Lipinski definition) is 1. The number of guanidine groups is 1. The van der Waals surface area contributed by atoms with Gasteiger partial charge in [0.25, 0.3) is 0 Å². The molecule has 0 aromatic heterocycles. The maximum Gasteiger partial charge on any atom is 0.193 e. The van der Waals surface area contributed by atoms with Crippen molar-refractivity contribution in [1.82, 2.24) is 10.2 Å². The normalized spacial score (nSPS) is 18.2. The van der Waals surface area contributed by atoms with Gasteiger partial charge in [-0.1, -0.05) is 13.0 Å². The maximum absolute atomic E-state index is 5.65. The number of nitrogens with zero attached hydrogens (tertiary/aromatic N) is 2. The zero-order chi connectivity index (χ0) is 18.1. The minimum atomic E-state index is 0.645. The average Bonchev–Trinajstić information content (AvgIpc) is 2.62. The SMILES string of the molecule is CCOc1cc(CCCNC(=NC)N2CCCC(C)C2)ccc1OC. The van der Waals surface area contributed by atoms with Crippen LogP contribution in [-0.4, -0.2) is 51.3 Å². The molecule has 0 spiro atoms. The summed E-state index contributed by atoms with van der Waals surface area (Å²) in [6.07, 6.45) is 4.64. The van der Waals surface area contributed by atoms with Crippen molar-refractivity contribution in [2.45, 2.75) is 39.5 Å². The van der Waals surface area contributed by atoms with E-state index in [0.29, 0.717) is 6.61 Å². The molecule has 5 nitrogen and oxygen atoms in total. The van der Waals surface area contributed by atoms with Gasteiger partial charge in [-0.3, -0.25) is 4.99 Å². The number of aliphatic imine (C=N–C) groups is 1. The lowest BCUT2D eigenvalue weighted by Gasteiger charge is -2.33. The second-order valence-electron chi connectivity index (χ2n) is 6.69. The highest BCUT2D eigenvalue weighted by molar-refractivity contribution is 5.79. The Hall–Kier alpha value is -1.91. The summed E-state index contributed by atoms with van der Waals surface area (Å²) < 4.78 is 11.0. The summed E-state index contributed by atoms with van der Waals surface area (Å²) in [5.41, 5.74) is 1.27. The van der Waals surface area contributed by atoms with E-state index in [4.69, 9.17) is 9.47 Å². The molecule has 2 rings (SSSR count). The zero-order valence-electron chi connectivity index (χ0n) is 16.2. The standard InChI is InChI=1S/C20H33N3O2/c1-5-25-19-14-17(10-11-18(19)24-4)9-6-12-22-20(21-3)23-13-7-8-16(2)15-23/h10-11,14,16H,5-9,12-13,15H2,1-4H3,(H,21,22). The fourth-order valence-corrected chi connectivity index (χ4v) is 3.35. The summed E-state index contributed by atoms with van der Waals surface area (Å²) >= 11 is 0. The van der Waals surface area contributed by atoms with Gasteiger partial charge in [0.05, 0.1) is 13.7 Å². The van der Waals surface area contributed by atoms with Crippen LogP contribution in [0, 0.1) is 5.92 Å². The summed E-state index contributed by atoms with van der Waals surface area (Å²) in [6.45, 7) is 8.09.